The molecule has 1 aromatic carbocycles. The van der Waals surface area contributed by atoms with Crippen molar-refractivity contribution in [1.29, 1.82) is 0 Å². The van der Waals surface area contributed by atoms with E-state index in [0.29, 0.717) is 11.6 Å². The van der Waals surface area contributed by atoms with Gasteiger partial charge in [0, 0.05) is 6.04 Å². The molecule has 0 aliphatic heterocycles. The van der Waals surface area contributed by atoms with Crippen molar-refractivity contribution >= 4 is 5.97 Å². The van der Waals surface area contributed by atoms with Crippen LogP contribution in [0.5, 0.6) is 0 Å². The minimum absolute atomic E-state index is 0.296. The molecule has 1 N–H and O–H groups in total. The molecule has 1 unspecified atom stereocenters. The Balaban J connectivity index is 3.00. The lowest BCUT2D eigenvalue weighted by Gasteiger charge is -2.24. The van der Waals surface area contributed by atoms with Crippen molar-refractivity contribution in [2.45, 2.75) is 25.8 Å². The highest BCUT2D eigenvalue weighted by Crippen LogP contribution is 2.24. The van der Waals surface area contributed by atoms with Gasteiger partial charge in [0.15, 0.2) is 0 Å². The van der Waals surface area contributed by atoms with Gasteiger partial charge in [-0.3, -0.25) is 0 Å². The van der Waals surface area contributed by atoms with E-state index in [1.54, 1.807) is 12.1 Å². The summed E-state index contributed by atoms with van der Waals surface area (Å²) in [5.74, 6) is -0.865. The van der Waals surface area contributed by atoms with E-state index < -0.39 is 5.97 Å². The van der Waals surface area contributed by atoms with Gasteiger partial charge in [0.1, 0.15) is 0 Å². The highest BCUT2D eigenvalue weighted by atomic mass is 16.4. The van der Waals surface area contributed by atoms with Gasteiger partial charge in [0.25, 0.3) is 0 Å². The maximum absolute atomic E-state index is 10.9. The van der Waals surface area contributed by atoms with Crippen molar-refractivity contribution in [1.82, 2.24) is 4.90 Å². The molecule has 0 heterocycles. The lowest BCUT2D eigenvalue weighted by molar-refractivity contribution is 0.0696. The van der Waals surface area contributed by atoms with Crippen LogP contribution in [0.2, 0.25) is 0 Å². The first kappa shape index (κ1) is 12.7. The number of carboxylic acid groups (broad SMARTS) is 1. The summed E-state index contributed by atoms with van der Waals surface area (Å²) in [6.07, 6.45) is 2.12. The molecule has 1 aromatic rings. The van der Waals surface area contributed by atoms with Crippen molar-refractivity contribution in [3.05, 3.63) is 35.4 Å². The van der Waals surface area contributed by atoms with E-state index >= 15 is 0 Å². The second-order valence-corrected chi connectivity index (χ2v) is 4.20. The molecule has 0 aliphatic carbocycles. The third-order valence-corrected chi connectivity index (χ3v) is 2.70. The van der Waals surface area contributed by atoms with E-state index in [1.807, 2.05) is 26.2 Å². The summed E-state index contributed by atoms with van der Waals surface area (Å²) in [5, 5.41) is 8.95. The first-order valence-electron chi connectivity index (χ1n) is 5.56. The largest absolute Gasteiger partial charge is 0.478 e. The van der Waals surface area contributed by atoms with Crippen LogP contribution in [0, 0.1) is 0 Å². The first-order valence-corrected chi connectivity index (χ1v) is 5.56. The van der Waals surface area contributed by atoms with E-state index in [-0.39, 0.29) is 0 Å². The van der Waals surface area contributed by atoms with Crippen LogP contribution in [-0.2, 0) is 0 Å². The zero-order chi connectivity index (χ0) is 12.1. The molecule has 1 rings (SSSR count). The molecular weight excluding hydrogens is 202 g/mol. The van der Waals surface area contributed by atoms with Crippen molar-refractivity contribution in [3.63, 3.8) is 0 Å². The van der Waals surface area contributed by atoms with Gasteiger partial charge in [-0.05, 0) is 38.2 Å². The lowest BCUT2D eigenvalue weighted by Crippen LogP contribution is -2.20. The van der Waals surface area contributed by atoms with E-state index in [1.165, 1.54) is 0 Å². The quantitative estimate of drug-likeness (QED) is 0.831. The van der Waals surface area contributed by atoms with Crippen LogP contribution in [0.3, 0.4) is 0 Å². The van der Waals surface area contributed by atoms with Crippen LogP contribution in [0.15, 0.2) is 24.3 Å². The number of hydrogen-bond donors (Lipinski definition) is 1. The zero-order valence-corrected chi connectivity index (χ0v) is 10.1. The van der Waals surface area contributed by atoms with E-state index in [2.05, 4.69) is 11.8 Å². The van der Waals surface area contributed by atoms with Crippen LogP contribution < -0.4 is 0 Å². The average molecular weight is 221 g/mol. The van der Waals surface area contributed by atoms with Crippen LogP contribution in [0.4, 0.5) is 0 Å². The van der Waals surface area contributed by atoms with Gasteiger partial charge in [-0.25, -0.2) is 4.79 Å². The predicted octanol–water partition coefficient (Wildman–Crippen LogP) is 2.79. The molecule has 0 amide bonds. The molecule has 0 fully saturated rings. The number of rotatable bonds is 5. The molecule has 3 nitrogen and oxygen atoms in total. The van der Waals surface area contributed by atoms with Crippen LogP contribution in [0.25, 0.3) is 0 Å². The third kappa shape index (κ3) is 3.07. The summed E-state index contributed by atoms with van der Waals surface area (Å²) >= 11 is 0. The summed E-state index contributed by atoms with van der Waals surface area (Å²) in [5.41, 5.74) is 1.44. The summed E-state index contributed by atoms with van der Waals surface area (Å²) in [6.45, 7) is 2.14. The van der Waals surface area contributed by atoms with Gasteiger partial charge < -0.3 is 10.0 Å². The Morgan fingerprint density at radius 2 is 2.12 bits per heavy atom. The van der Waals surface area contributed by atoms with Crippen molar-refractivity contribution in [3.8, 4) is 0 Å². The van der Waals surface area contributed by atoms with Crippen molar-refractivity contribution in [2.75, 3.05) is 14.1 Å². The minimum Gasteiger partial charge on any atom is -0.478 e. The Hall–Kier alpha value is -1.35. The average Bonchev–Trinajstić information content (AvgIpc) is 2.25. The fraction of sp³-hybridized carbons (Fsp3) is 0.462. The molecule has 16 heavy (non-hydrogen) atoms. The molecule has 3 heteroatoms. The second-order valence-electron chi connectivity index (χ2n) is 4.20. The topological polar surface area (TPSA) is 40.5 Å². The number of carbonyl (C=O) groups is 1. The molecule has 0 radical (unpaired) electrons. The normalized spacial score (nSPS) is 12.8. The molecular formula is C13H19NO2. The first-order chi connectivity index (χ1) is 7.56. The number of carboxylic acids is 1. The Labute approximate surface area is 96.7 Å². The Morgan fingerprint density at radius 3 is 2.62 bits per heavy atom. The maximum atomic E-state index is 10.9. The summed E-state index contributed by atoms with van der Waals surface area (Å²) in [6, 6.07) is 7.49. The van der Waals surface area contributed by atoms with E-state index in [4.69, 9.17) is 5.11 Å². The smallest absolute Gasteiger partial charge is 0.335 e. The van der Waals surface area contributed by atoms with Crippen LogP contribution in [-0.4, -0.2) is 30.1 Å². The number of hydrogen-bond acceptors (Lipinski definition) is 2. The van der Waals surface area contributed by atoms with Gasteiger partial charge in [0.05, 0.1) is 5.56 Å². The molecule has 0 saturated heterocycles. The van der Waals surface area contributed by atoms with Gasteiger partial charge in [-0.15, -0.1) is 0 Å². The number of aromatic carboxylic acids is 1. The van der Waals surface area contributed by atoms with Crippen LogP contribution in [0.1, 0.15) is 41.7 Å². The summed E-state index contributed by atoms with van der Waals surface area (Å²) < 4.78 is 0. The van der Waals surface area contributed by atoms with Gasteiger partial charge in [-0.1, -0.05) is 25.5 Å². The second kappa shape index (κ2) is 5.66. The number of benzene rings is 1. The fourth-order valence-corrected chi connectivity index (χ4v) is 1.88. The highest BCUT2D eigenvalue weighted by molar-refractivity contribution is 5.87. The Morgan fingerprint density at radius 1 is 1.44 bits per heavy atom. The Bertz CT molecular complexity index is 361. The lowest BCUT2D eigenvalue weighted by atomic mass is 9.99. The summed E-state index contributed by atoms with van der Waals surface area (Å²) in [4.78, 5) is 13.0. The van der Waals surface area contributed by atoms with Gasteiger partial charge in [-0.2, -0.15) is 0 Å². The molecule has 88 valence electrons. The molecule has 0 spiro atoms. The predicted molar refractivity (Wildman–Crippen MR) is 64.7 cm³/mol. The third-order valence-electron chi connectivity index (χ3n) is 2.70. The maximum Gasteiger partial charge on any atom is 0.335 e. The SMILES string of the molecule is CCCC(c1cccc(C(=O)O)c1)N(C)C. The summed E-state index contributed by atoms with van der Waals surface area (Å²) in [7, 11) is 4.04. The van der Waals surface area contributed by atoms with E-state index in [9.17, 15) is 4.79 Å². The van der Waals surface area contributed by atoms with E-state index in [0.717, 1.165) is 18.4 Å². The molecule has 0 aromatic heterocycles. The highest BCUT2D eigenvalue weighted by Gasteiger charge is 2.14. The fourth-order valence-electron chi connectivity index (χ4n) is 1.88. The zero-order valence-electron chi connectivity index (χ0n) is 10.1. The molecule has 0 aliphatic rings. The molecule has 0 saturated carbocycles. The van der Waals surface area contributed by atoms with Crippen LogP contribution >= 0.6 is 0 Å². The monoisotopic (exact) mass is 221 g/mol. The van der Waals surface area contributed by atoms with Crippen molar-refractivity contribution in [2.24, 2.45) is 0 Å². The van der Waals surface area contributed by atoms with Crippen molar-refractivity contribution < 1.29 is 9.90 Å². The molecule has 0 bridgehead atoms. The van der Waals surface area contributed by atoms with Gasteiger partial charge in [0.2, 0.25) is 0 Å². The standard InChI is InChI=1S/C13H19NO2/c1-4-6-12(14(2)3)10-7-5-8-11(9-10)13(15)16/h5,7-9,12H,4,6H2,1-3H3,(H,15,16). The molecule has 1 atom stereocenters. The Kier molecular flexibility index (Phi) is 4.50. The van der Waals surface area contributed by atoms with Gasteiger partial charge >= 0.3 is 5.97 Å². The minimum atomic E-state index is -0.865. The number of nitrogens with zero attached hydrogens (tertiary/aromatic N) is 1.